The van der Waals surface area contributed by atoms with E-state index in [9.17, 15) is 31.5 Å². The highest BCUT2D eigenvalue weighted by Crippen LogP contribution is 2.34. The van der Waals surface area contributed by atoms with E-state index in [0.717, 1.165) is 6.07 Å². The molecular formula is C23H15F5N4O2. The molecule has 1 aromatic heterocycles. The van der Waals surface area contributed by atoms with Crippen molar-refractivity contribution >= 4 is 34.2 Å². The maximum Gasteiger partial charge on any atom is 0.416 e. The van der Waals surface area contributed by atoms with E-state index in [-0.39, 0.29) is 17.4 Å². The first-order chi connectivity index (χ1) is 16.0. The summed E-state index contributed by atoms with van der Waals surface area (Å²) in [5.74, 6) is -2.48. The second-order valence-electron chi connectivity index (χ2n) is 7.28. The molecule has 0 fully saturated rings. The van der Waals surface area contributed by atoms with Gasteiger partial charge in [-0.3, -0.25) is 4.79 Å². The molecule has 0 unspecified atom stereocenters. The molecule has 0 aliphatic heterocycles. The molecular weight excluding hydrogens is 459 g/mol. The number of urea groups is 1. The van der Waals surface area contributed by atoms with Gasteiger partial charge in [0.05, 0.1) is 11.3 Å². The van der Waals surface area contributed by atoms with Crippen LogP contribution in [0, 0.1) is 11.6 Å². The molecule has 11 heteroatoms. The Balaban J connectivity index is 1.54. The molecule has 34 heavy (non-hydrogen) atoms. The number of nitrogens with one attached hydrogen (secondary N) is 3. The number of amides is 3. The lowest BCUT2D eigenvalue weighted by molar-refractivity contribution is -0.137. The highest BCUT2D eigenvalue weighted by Gasteiger charge is 2.31. The molecule has 4 aromatic rings. The Morgan fingerprint density at radius 1 is 0.882 bits per heavy atom. The van der Waals surface area contributed by atoms with Gasteiger partial charge in [-0.05, 0) is 54.1 Å². The van der Waals surface area contributed by atoms with Crippen molar-refractivity contribution in [2.45, 2.75) is 6.18 Å². The zero-order chi connectivity index (χ0) is 24.6. The van der Waals surface area contributed by atoms with Gasteiger partial charge < -0.3 is 21.4 Å². The second kappa shape index (κ2) is 8.50. The van der Waals surface area contributed by atoms with Crippen molar-refractivity contribution in [3.05, 3.63) is 83.6 Å². The molecule has 4 rings (SSSR count). The Bertz CT molecular complexity index is 1410. The topological polar surface area (TPSA) is 100 Å². The van der Waals surface area contributed by atoms with E-state index < -0.39 is 41.0 Å². The third-order valence-corrected chi connectivity index (χ3v) is 4.98. The molecule has 3 amide bonds. The van der Waals surface area contributed by atoms with Gasteiger partial charge in [0.15, 0.2) is 0 Å². The summed E-state index contributed by atoms with van der Waals surface area (Å²) >= 11 is 0. The number of hydrogen-bond acceptors (Lipinski definition) is 2. The van der Waals surface area contributed by atoms with Gasteiger partial charge in [0, 0.05) is 22.2 Å². The van der Waals surface area contributed by atoms with Crippen LogP contribution >= 0.6 is 0 Å². The highest BCUT2D eigenvalue weighted by molar-refractivity contribution is 6.09. The molecule has 6 nitrogen and oxygen atoms in total. The lowest BCUT2D eigenvalue weighted by atomic mass is 10.0. The number of carbonyl (C=O) groups is 2. The maximum absolute atomic E-state index is 13.9. The molecule has 0 aliphatic rings. The van der Waals surface area contributed by atoms with Gasteiger partial charge in [0.2, 0.25) is 0 Å². The van der Waals surface area contributed by atoms with Crippen LogP contribution in [0.3, 0.4) is 0 Å². The van der Waals surface area contributed by atoms with Crippen molar-refractivity contribution in [1.82, 2.24) is 4.98 Å². The number of primary amides is 1. The first-order valence-electron chi connectivity index (χ1n) is 9.69. The molecule has 0 saturated heterocycles. The third kappa shape index (κ3) is 4.53. The van der Waals surface area contributed by atoms with Gasteiger partial charge in [-0.2, -0.15) is 13.2 Å². The number of rotatable bonds is 4. The van der Waals surface area contributed by atoms with Crippen LogP contribution in [0.4, 0.5) is 38.1 Å². The molecule has 0 radical (unpaired) electrons. The minimum Gasteiger partial charge on any atom is -0.364 e. The van der Waals surface area contributed by atoms with Crippen molar-refractivity contribution in [3.8, 4) is 11.1 Å². The number of anilines is 2. The number of alkyl halides is 3. The van der Waals surface area contributed by atoms with Crippen molar-refractivity contribution in [2.75, 3.05) is 10.6 Å². The molecule has 5 N–H and O–H groups in total. The van der Waals surface area contributed by atoms with Crippen molar-refractivity contribution in [1.29, 1.82) is 0 Å². The Hall–Kier alpha value is -4.41. The molecule has 0 atom stereocenters. The van der Waals surface area contributed by atoms with Crippen LogP contribution in [0.2, 0.25) is 0 Å². The van der Waals surface area contributed by atoms with Gasteiger partial charge in [0.1, 0.15) is 17.3 Å². The summed E-state index contributed by atoms with van der Waals surface area (Å²) in [5, 5.41) is 5.13. The molecule has 3 aromatic carbocycles. The van der Waals surface area contributed by atoms with E-state index in [1.807, 2.05) is 0 Å². The molecule has 0 saturated carbocycles. The van der Waals surface area contributed by atoms with Crippen molar-refractivity contribution in [3.63, 3.8) is 0 Å². The molecule has 1 heterocycles. The van der Waals surface area contributed by atoms with Crippen LogP contribution in [-0.4, -0.2) is 16.9 Å². The highest BCUT2D eigenvalue weighted by atomic mass is 19.4. The molecule has 0 spiro atoms. The third-order valence-electron chi connectivity index (χ3n) is 4.98. The summed E-state index contributed by atoms with van der Waals surface area (Å²) in [6.45, 7) is 0. The molecule has 0 aliphatic carbocycles. The minimum atomic E-state index is -4.71. The summed E-state index contributed by atoms with van der Waals surface area (Å²) in [4.78, 5) is 26.8. The van der Waals surface area contributed by atoms with Crippen LogP contribution in [0.15, 0.2) is 60.7 Å². The zero-order valence-corrected chi connectivity index (χ0v) is 17.1. The number of nitrogens with two attached hydrogens (primary N) is 1. The number of hydrogen-bond donors (Lipinski definition) is 4. The number of fused-ring (bicyclic) bond motifs is 1. The molecule has 174 valence electrons. The van der Waals surface area contributed by atoms with Gasteiger partial charge in [-0.15, -0.1) is 0 Å². The zero-order valence-electron chi connectivity index (χ0n) is 17.1. The lowest BCUT2D eigenvalue weighted by Crippen LogP contribution is -2.20. The molecule has 0 bridgehead atoms. The lowest BCUT2D eigenvalue weighted by Gasteiger charge is -2.11. The largest absolute Gasteiger partial charge is 0.416 e. The van der Waals surface area contributed by atoms with Crippen LogP contribution in [0.5, 0.6) is 0 Å². The van der Waals surface area contributed by atoms with Crippen molar-refractivity contribution in [2.24, 2.45) is 5.73 Å². The fraction of sp³-hybridized carbons (Fsp3) is 0.0435. The van der Waals surface area contributed by atoms with E-state index in [0.29, 0.717) is 28.1 Å². The number of H-pyrrole nitrogens is 1. The van der Waals surface area contributed by atoms with Crippen LogP contribution in [0.25, 0.3) is 22.0 Å². The van der Waals surface area contributed by atoms with Gasteiger partial charge in [-0.25, -0.2) is 13.6 Å². The van der Waals surface area contributed by atoms with E-state index in [4.69, 9.17) is 5.73 Å². The van der Waals surface area contributed by atoms with Gasteiger partial charge in [-0.1, -0.05) is 12.1 Å². The number of halogens is 5. The SMILES string of the molecule is NC(=O)c1[nH]c2cc(F)ccc2c1-c1ccc(NC(=O)Nc2ccc(C(F)(F)F)cc2F)cc1. The van der Waals surface area contributed by atoms with Gasteiger partial charge in [0.25, 0.3) is 5.91 Å². The monoisotopic (exact) mass is 474 g/mol. The Labute approximate surface area is 188 Å². The predicted molar refractivity (Wildman–Crippen MR) is 116 cm³/mol. The Morgan fingerprint density at radius 3 is 2.21 bits per heavy atom. The summed E-state index contributed by atoms with van der Waals surface area (Å²) in [7, 11) is 0. The average Bonchev–Trinajstić information content (AvgIpc) is 3.14. The number of aromatic nitrogens is 1. The Kier molecular flexibility index (Phi) is 5.70. The van der Waals surface area contributed by atoms with E-state index in [2.05, 4.69) is 15.6 Å². The van der Waals surface area contributed by atoms with E-state index in [1.54, 1.807) is 12.1 Å². The predicted octanol–water partition coefficient (Wildman–Crippen LogP) is 5.87. The second-order valence-corrected chi connectivity index (χ2v) is 7.28. The number of benzene rings is 3. The smallest absolute Gasteiger partial charge is 0.364 e. The normalized spacial score (nSPS) is 11.4. The standard InChI is InChI=1S/C23H15F5N4O2/c24-13-4-7-15-18(10-13)31-20(21(29)33)19(15)11-1-5-14(6-2-11)30-22(34)32-17-8-3-12(9-16(17)25)23(26,27)28/h1-10,31H,(H2,29,33)(H2,30,32,34). The summed E-state index contributed by atoms with van der Waals surface area (Å²) < 4.78 is 65.4. The van der Waals surface area contributed by atoms with Crippen LogP contribution < -0.4 is 16.4 Å². The number of carbonyl (C=O) groups excluding carboxylic acids is 2. The summed E-state index contributed by atoms with van der Waals surface area (Å²) in [6, 6.07) is 11.0. The average molecular weight is 474 g/mol. The Morgan fingerprint density at radius 2 is 1.59 bits per heavy atom. The van der Waals surface area contributed by atoms with E-state index in [1.165, 1.54) is 30.3 Å². The van der Waals surface area contributed by atoms with Crippen LogP contribution in [0.1, 0.15) is 16.1 Å². The van der Waals surface area contributed by atoms with Gasteiger partial charge >= 0.3 is 12.2 Å². The first-order valence-corrected chi connectivity index (χ1v) is 9.69. The fourth-order valence-electron chi connectivity index (χ4n) is 3.45. The maximum atomic E-state index is 13.9. The fourth-order valence-corrected chi connectivity index (χ4v) is 3.45. The first kappa shape index (κ1) is 22.8. The quantitative estimate of drug-likeness (QED) is 0.278. The van der Waals surface area contributed by atoms with Crippen molar-refractivity contribution < 1.29 is 31.5 Å². The number of aromatic amines is 1. The minimum absolute atomic E-state index is 0.0804. The summed E-state index contributed by atoms with van der Waals surface area (Å²) in [6.07, 6.45) is -4.71. The summed E-state index contributed by atoms with van der Waals surface area (Å²) in [5.41, 5.74) is 5.57. The van der Waals surface area contributed by atoms with Crippen LogP contribution in [-0.2, 0) is 6.18 Å². The van der Waals surface area contributed by atoms with E-state index >= 15 is 0 Å².